The number of fused-ring (bicyclic) bond motifs is 1. The zero-order valence-electron chi connectivity index (χ0n) is 18.2. The second-order valence-electron chi connectivity index (χ2n) is 7.44. The maximum atomic E-state index is 12.9. The van der Waals surface area contributed by atoms with Crippen LogP contribution in [0.2, 0.25) is 0 Å². The summed E-state index contributed by atoms with van der Waals surface area (Å²) in [5.41, 5.74) is 2.17. The summed E-state index contributed by atoms with van der Waals surface area (Å²) in [5.74, 6) is 1.33. The van der Waals surface area contributed by atoms with Gasteiger partial charge in [-0.05, 0) is 32.0 Å². The van der Waals surface area contributed by atoms with E-state index in [2.05, 4.69) is 31.7 Å². The molecule has 0 bridgehead atoms. The SMILES string of the molecule is CCNc1nc(Nc2ccc(C(=O)N3CCOC(C)C3)cc2OC)nc2[nH]cc(C#N)c12. The Labute approximate surface area is 185 Å². The third kappa shape index (κ3) is 4.15. The van der Waals surface area contributed by atoms with Crippen LogP contribution in [0.3, 0.4) is 0 Å². The predicted molar refractivity (Wildman–Crippen MR) is 120 cm³/mol. The average Bonchev–Trinajstić information content (AvgIpc) is 3.22. The number of aromatic amines is 1. The van der Waals surface area contributed by atoms with Crippen LogP contribution in [0, 0.1) is 11.3 Å². The molecule has 1 atom stereocenters. The summed E-state index contributed by atoms with van der Waals surface area (Å²) < 4.78 is 11.0. The molecular weight excluding hydrogens is 410 g/mol. The Morgan fingerprint density at radius 3 is 3.00 bits per heavy atom. The van der Waals surface area contributed by atoms with Crippen molar-refractivity contribution in [2.75, 3.05) is 44.0 Å². The molecular formula is C22H25N7O3. The summed E-state index contributed by atoms with van der Waals surface area (Å²) in [6.07, 6.45) is 1.63. The van der Waals surface area contributed by atoms with Gasteiger partial charge in [-0.3, -0.25) is 4.79 Å². The number of anilines is 3. The Kier molecular flexibility index (Phi) is 6.09. The molecule has 0 saturated carbocycles. The fourth-order valence-electron chi connectivity index (χ4n) is 3.71. The van der Waals surface area contributed by atoms with Gasteiger partial charge in [-0.25, -0.2) is 0 Å². The van der Waals surface area contributed by atoms with Gasteiger partial charge in [0.1, 0.15) is 23.3 Å². The third-order valence-electron chi connectivity index (χ3n) is 5.22. The van der Waals surface area contributed by atoms with E-state index >= 15 is 0 Å². The van der Waals surface area contributed by atoms with Gasteiger partial charge in [-0.1, -0.05) is 0 Å². The van der Waals surface area contributed by atoms with Crippen LogP contribution in [0.25, 0.3) is 11.0 Å². The number of nitrogens with zero attached hydrogens (tertiary/aromatic N) is 4. The highest BCUT2D eigenvalue weighted by molar-refractivity contribution is 5.96. The second-order valence-corrected chi connectivity index (χ2v) is 7.44. The monoisotopic (exact) mass is 435 g/mol. The number of amides is 1. The summed E-state index contributed by atoms with van der Waals surface area (Å²) in [4.78, 5) is 26.7. The van der Waals surface area contributed by atoms with Crippen LogP contribution in [0.15, 0.2) is 24.4 Å². The maximum absolute atomic E-state index is 12.9. The number of nitrogens with one attached hydrogen (secondary N) is 3. The second kappa shape index (κ2) is 9.11. The first kappa shape index (κ1) is 21.4. The van der Waals surface area contributed by atoms with E-state index in [0.29, 0.717) is 71.6 Å². The van der Waals surface area contributed by atoms with Gasteiger partial charge in [0.15, 0.2) is 0 Å². The van der Waals surface area contributed by atoms with Crippen LogP contribution in [-0.2, 0) is 4.74 Å². The Morgan fingerprint density at radius 1 is 1.44 bits per heavy atom. The van der Waals surface area contributed by atoms with E-state index in [1.165, 1.54) is 0 Å². The van der Waals surface area contributed by atoms with Crippen LogP contribution < -0.4 is 15.4 Å². The molecule has 1 aliphatic heterocycles. The molecule has 1 amide bonds. The smallest absolute Gasteiger partial charge is 0.254 e. The fraction of sp³-hybridized carbons (Fsp3) is 0.364. The molecule has 10 nitrogen and oxygen atoms in total. The third-order valence-corrected chi connectivity index (χ3v) is 5.22. The number of morpholine rings is 1. The van der Waals surface area contributed by atoms with Crippen LogP contribution in [0.1, 0.15) is 29.8 Å². The van der Waals surface area contributed by atoms with Crippen molar-refractivity contribution in [2.24, 2.45) is 0 Å². The Bertz CT molecular complexity index is 1180. The van der Waals surface area contributed by atoms with Crippen LogP contribution in [0.5, 0.6) is 5.75 Å². The Balaban J connectivity index is 1.62. The van der Waals surface area contributed by atoms with Gasteiger partial charge in [0.25, 0.3) is 5.91 Å². The van der Waals surface area contributed by atoms with Crippen molar-refractivity contribution in [3.8, 4) is 11.8 Å². The molecule has 1 saturated heterocycles. The highest BCUT2D eigenvalue weighted by Crippen LogP contribution is 2.31. The Morgan fingerprint density at radius 2 is 2.28 bits per heavy atom. The first-order valence-electron chi connectivity index (χ1n) is 10.4. The van der Waals surface area contributed by atoms with Crippen molar-refractivity contribution in [3.63, 3.8) is 0 Å². The van der Waals surface area contributed by atoms with Gasteiger partial charge in [0.05, 0.1) is 36.5 Å². The summed E-state index contributed by atoms with van der Waals surface area (Å²) in [5, 5.41) is 16.3. The highest BCUT2D eigenvalue weighted by atomic mass is 16.5. The molecule has 1 fully saturated rings. The first-order valence-corrected chi connectivity index (χ1v) is 10.4. The fourth-order valence-corrected chi connectivity index (χ4v) is 3.71. The van der Waals surface area contributed by atoms with Crippen molar-refractivity contribution in [1.82, 2.24) is 19.9 Å². The van der Waals surface area contributed by atoms with Gasteiger partial charge >= 0.3 is 0 Å². The molecule has 1 aliphatic rings. The number of carbonyl (C=O) groups is 1. The van der Waals surface area contributed by atoms with Crippen molar-refractivity contribution in [1.29, 1.82) is 5.26 Å². The normalized spacial score (nSPS) is 15.9. The number of carbonyl (C=O) groups excluding carboxylic acids is 1. The lowest BCUT2D eigenvalue weighted by Crippen LogP contribution is -2.44. The van der Waals surface area contributed by atoms with Gasteiger partial charge in [0.2, 0.25) is 5.95 Å². The van der Waals surface area contributed by atoms with Crippen LogP contribution in [0.4, 0.5) is 17.5 Å². The van der Waals surface area contributed by atoms with E-state index < -0.39 is 0 Å². The molecule has 10 heteroatoms. The molecule has 166 valence electrons. The maximum Gasteiger partial charge on any atom is 0.254 e. The topological polar surface area (TPSA) is 128 Å². The summed E-state index contributed by atoms with van der Waals surface area (Å²) in [6, 6.07) is 7.37. The first-order chi connectivity index (χ1) is 15.5. The summed E-state index contributed by atoms with van der Waals surface area (Å²) in [6.45, 7) is 6.20. The highest BCUT2D eigenvalue weighted by Gasteiger charge is 2.23. The number of ether oxygens (including phenoxy) is 2. The Hall–Kier alpha value is -3.84. The lowest BCUT2D eigenvalue weighted by Gasteiger charge is -2.31. The lowest BCUT2D eigenvalue weighted by molar-refractivity contribution is -0.0124. The number of rotatable bonds is 6. The number of benzene rings is 1. The van der Waals surface area contributed by atoms with E-state index in [9.17, 15) is 10.1 Å². The van der Waals surface area contributed by atoms with Gasteiger partial charge in [-0.15, -0.1) is 0 Å². The molecule has 3 aromatic rings. The molecule has 0 spiro atoms. The van der Waals surface area contributed by atoms with E-state index in [0.717, 1.165) is 0 Å². The van der Waals surface area contributed by atoms with Gasteiger partial charge in [0, 0.05) is 31.4 Å². The van der Waals surface area contributed by atoms with Crippen molar-refractivity contribution < 1.29 is 14.3 Å². The molecule has 1 unspecified atom stereocenters. The molecule has 4 rings (SSSR count). The average molecular weight is 435 g/mol. The van der Waals surface area contributed by atoms with Crippen molar-refractivity contribution in [2.45, 2.75) is 20.0 Å². The summed E-state index contributed by atoms with van der Waals surface area (Å²) in [7, 11) is 1.55. The molecule has 32 heavy (non-hydrogen) atoms. The molecule has 0 aliphatic carbocycles. The standard InChI is InChI=1S/C22H25N7O3/c1-4-24-19-18-15(10-23)11-25-20(18)28-22(27-19)26-16-6-5-14(9-17(16)31-3)21(30)29-7-8-32-13(2)12-29/h5-6,9,11,13H,4,7-8,12H2,1-3H3,(H3,24,25,26,27,28). The van der Waals surface area contributed by atoms with Crippen LogP contribution >= 0.6 is 0 Å². The molecule has 3 N–H and O–H groups in total. The quantitative estimate of drug-likeness (QED) is 0.539. The summed E-state index contributed by atoms with van der Waals surface area (Å²) >= 11 is 0. The van der Waals surface area contributed by atoms with E-state index in [-0.39, 0.29) is 12.0 Å². The van der Waals surface area contributed by atoms with E-state index in [4.69, 9.17) is 9.47 Å². The van der Waals surface area contributed by atoms with Crippen molar-refractivity contribution in [3.05, 3.63) is 35.5 Å². The molecule has 1 aromatic carbocycles. The minimum Gasteiger partial charge on any atom is -0.495 e. The number of hydrogen-bond acceptors (Lipinski definition) is 8. The molecule has 0 radical (unpaired) electrons. The van der Waals surface area contributed by atoms with E-state index in [1.54, 1.807) is 36.4 Å². The molecule has 2 aromatic heterocycles. The van der Waals surface area contributed by atoms with Gasteiger partial charge in [-0.2, -0.15) is 15.2 Å². The van der Waals surface area contributed by atoms with Crippen molar-refractivity contribution >= 4 is 34.4 Å². The number of H-pyrrole nitrogens is 1. The lowest BCUT2D eigenvalue weighted by atomic mass is 10.1. The van der Waals surface area contributed by atoms with Gasteiger partial charge < -0.3 is 30.0 Å². The zero-order chi connectivity index (χ0) is 22.7. The van der Waals surface area contributed by atoms with E-state index in [1.807, 2.05) is 13.8 Å². The number of aromatic nitrogens is 3. The zero-order valence-corrected chi connectivity index (χ0v) is 18.2. The predicted octanol–water partition coefficient (Wildman–Crippen LogP) is 2.87. The number of nitriles is 1. The minimum atomic E-state index is -0.0625. The molecule has 3 heterocycles. The van der Waals surface area contributed by atoms with Crippen LogP contribution in [-0.4, -0.2) is 65.2 Å². The number of hydrogen-bond donors (Lipinski definition) is 3. The largest absolute Gasteiger partial charge is 0.495 e. The number of methoxy groups -OCH3 is 1. The minimum absolute atomic E-state index is 0.0167.